The van der Waals surface area contributed by atoms with Gasteiger partial charge in [-0.15, -0.1) is 0 Å². The maximum absolute atomic E-state index is 2.47. The van der Waals surface area contributed by atoms with Crippen LogP contribution in [0.5, 0.6) is 0 Å². The van der Waals surface area contributed by atoms with Gasteiger partial charge >= 0.3 is 0 Å². The van der Waals surface area contributed by atoms with Gasteiger partial charge in [-0.3, -0.25) is 4.90 Å². The number of aryl methyl sites for hydroxylation is 1. The standard InChI is InChI=1S/C14H23N/c1-4-9-13-10-7-8-11-14(13)12-15(5-2)6-3/h7-8,10-11H,4-6,9,12H2,1-3H3. The van der Waals surface area contributed by atoms with Gasteiger partial charge < -0.3 is 0 Å². The van der Waals surface area contributed by atoms with E-state index in [1.807, 2.05) is 0 Å². The molecule has 1 heteroatoms. The fraction of sp³-hybridized carbons (Fsp3) is 0.571. The smallest absolute Gasteiger partial charge is 0.0236 e. The van der Waals surface area contributed by atoms with E-state index in [0.717, 1.165) is 19.6 Å². The van der Waals surface area contributed by atoms with Gasteiger partial charge in [0.05, 0.1) is 0 Å². The maximum Gasteiger partial charge on any atom is 0.0236 e. The van der Waals surface area contributed by atoms with Crippen LogP contribution in [-0.2, 0) is 13.0 Å². The van der Waals surface area contributed by atoms with E-state index in [1.54, 1.807) is 0 Å². The first-order valence-electron chi connectivity index (χ1n) is 6.10. The van der Waals surface area contributed by atoms with Crippen molar-refractivity contribution in [1.29, 1.82) is 0 Å². The zero-order valence-electron chi connectivity index (χ0n) is 10.3. The molecule has 0 unspecified atom stereocenters. The first-order chi connectivity index (χ1) is 7.31. The maximum atomic E-state index is 2.47. The minimum atomic E-state index is 1.10. The molecule has 0 bridgehead atoms. The van der Waals surface area contributed by atoms with Gasteiger partial charge in [0.2, 0.25) is 0 Å². The summed E-state index contributed by atoms with van der Waals surface area (Å²) in [5.41, 5.74) is 3.02. The average molecular weight is 205 g/mol. The summed E-state index contributed by atoms with van der Waals surface area (Å²) >= 11 is 0. The van der Waals surface area contributed by atoms with Crippen LogP contribution >= 0.6 is 0 Å². The highest BCUT2D eigenvalue weighted by molar-refractivity contribution is 5.27. The van der Waals surface area contributed by atoms with Crippen LogP contribution in [0.4, 0.5) is 0 Å². The molecule has 0 saturated carbocycles. The second kappa shape index (κ2) is 6.62. The molecule has 1 nitrogen and oxygen atoms in total. The third-order valence-electron chi connectivity index (χ3n) is 2.93. The highest BCUT2D eigenvalue weighted by Crippen LogP contribution is 2.13. The molecule has 0 fully saturated rings. The summed E-state index contributed by atoms with van der Waals surface area (Å²) in [6.45, 7) is 10.1. The Morgan fingerprint density at radius 2 is 1.53 bits per heavy atom. The molecule has 0 aromatic heterocycles. The van der Waals surface area contributed by atoms with Crippen molar-refractivity contribution in [2.24, 2.45) is 0 Å². The van der Waals surface area contributed by atoms with Gasteiger partial charge in [-0.25, -0.2) is 0 Å². The van der Waals surface area contributed by atoms with Crippen molar-refractivity contribution in [2.45, 2.75) is 40.2 Å². The predicted octanol–water partition coefficient (Wildman–Crippen LogP) is 3.48. The molecule has 0 spiro atoms. The van der Waals surface area contributed by atoms with Crippen LogP contribution in [0, 0.1) is 0 Å². The minimum Gasteiger partial charge on any atom is -0.300 e. The zero-order valence-corrected chi connectivity index (χ0v) is 10.3. The van der Waals surface area contributed by atoms with Gasteiger partial charge in [0, 0.05) is 6.54 Å². The fourth-order valence-electron chi connectivity index (χ4n) is 1.91. The normalized spacial score (nSPS) is 10.9. The van der Waals surface area contributed by atoms with Crippen LogP contribution in [0.1, 0.15) is 38.3 Å². The van der Waals surface area contributed by atoms with Gasteiger partial charge in [-0.1, -0.05) is 51.5 Å². The molecule has 15 heavy (non-hydrogen) atoms. The molecule has 1 rings (SSSR count). The van der Waals surface area contributed by atoms with Gasteiger partial charge in [0.1, 0.15) is 0 Å². The van der Waals surface area contributed by atoms with E-state index in [0.29, 0.717) is 0 Å². The van der Waals surface area contributed by atoms with E-state index in [-0.39, 0.29) is 0 Å². The predicted molar refractivity (Wildman–Crippen MR) is 67.1 cm³/mol. The second-order valence-corrected chi connectivity index (χ2v) is 3.98. The minimum absolute atomic E-state index is 1.10. The molecule has 0 atom stereocenters. The Balaban J connectivity index is 2.73. The molecule has 84 valence electrons. The molecule has 0 amide bonds. The Kier molecular flexibility index (Phi) is 5.41. The van der Waals surface area contributed by atoms with Crippen LogP contribution < -0.4 is 0 Å². The second-order valence-electron chi connectivity index (χ2n) is 3.98. The Morgan fingerprint density at radius 1 is 0.933 bits per heavy atom. The summed E-state index contributed by atoms with van der Waals surface area (Å²) in [4.78, 5) is 2.47. The van der Waals surface area contributed by atoms with E-state index < -0.39 is 0 Å². The Bertz CT molecular complexity index is 276. The largest absolute Gasteiger partial charge is 0.300 e. The van der Waals surface area contributed by atoms with Crippen molar-refractivity contribution in [3.8, 4) is 0 Å². The molecular formula is C14H23N. The van der Waals surface area contributed by atoms with E-state index >= 15 is 0 Å². The van der Waals surface area contributed by atoms with Crippen molar-refractivity contribution in [2.75, 3.05) is 13.1 Å². The Labute approximate surface area is 94.1 Å². The highest BCUT2D eigenvalue weighted by atomic mass is 15.1. The summed E-state index contributed by atoms with van der Waals surface area (Å²) in [6.07, 6.45) is 2.44. The van der Waals surface area contributed by atoms with Gasteiger partial charge in [0.15, 0.2) is 0 Å². The van der Waals surface area contributed by atoms with Crippen LogP contribution in [0.3, 0.4) is 0 Å². The van der Waals surface area contributed by atoms with Gasteiger partial charge in [0.25, 0.3) is 0 Å². The summed E-state index contributed by atoms with van der Waals surface area (Å²) in [5.74, 6) is 0. The molecule has 0 radical (unpaired) electrons. The molecule has 0 aliphatic rings. The van der Waals surface area contributed by atoms with E-state index in [4.69, 9.17) is 0 Å². The van der Waals surface area contributed by atoms with Crippen LogP contribution in [0.15, 0.2) is 24.3 Å². The Hall–Kier alpha value is -0.820. The van der Waals surface area contributed by atoms with Crippen molar-refractivity contribution in [3.63, 3.8) is 0 Å². The number of hydrogen-bond donors (Lipinski definition) is 0. The number of hydrogen-bond acceptors (Lipinski definition) is 1. The summed E-state index contributed by atoms with van der Waals surface area (Å²) < 4.78 is 0. The van der Waals surface area contributed by atoms with Crippen molar-refractivity contribution in [3.05, 3.63) is 35.4 Å². The van der Waals surface area contributed by atoms with Crippen LogP contribution in [0.2, 0.25) is 0 Å². The molecule has 0 N–H and O–H groups in total. The quantitative estimate of drug-likeness (QED) is 0.687. The summed E-state index contributed by atoms with van der Waals surface area (Å²) in [6, 6.07) is 8.83. The van der Waals surface area contributed by atoms with E-state index in [1.165, 1.54) is 24.0 Å². The van der Waals surface area contributed by atoms with Crippen LogP contribution in [-0.4, -0.2) is 18.0 Å². The third kappa shape index (κ3) is 3.67. The molecule has 1 aromatic rings. The van der Waals surface area contributed by atoms with E-state index in [9.17, 15) is 0 Å². The first kappa shape index (κ1) is 12.3. The van der Waals surface area contributed by atoms with Gasteiger partial charge in [-0.2, -0.15) is 0 Å². The molecule has 0 heterocycles. The number of nitrogens with zero attached hydrogens (tertiary/aromatic N) is 1. The van der Waals surface area contributed by atoms with Crippen molar-refractivity contribution in [1.82, 2.24) is 4.90 Å². The highest BCUT2D eigenvalue weighted by Gasteiger charge is 2.04. The third-order valence-corrected chi connectivity index (χ3v) is 2.93. The molecule has 0 saturated heterocycles. The molecule has 0 aliphatic heterocycles. The fourth-order valence-corrected chi connectivity index (χ4v) is 1.91. The lowest BCUT2D eigenvalue weighted by molar-refractivity contribution is 0.295. The Morgan fingerprint density at radius 3 is 2.07 bits per heavy atom. The molecule has 0 aliphatic carbocycles. The first-order valence-corrected chi connectivity index (χ1v) is 6.10. The number of rotatable bonds is 6. The number of benzene rings is 1. The molecular weight excluding hydrogens is 182 g/mol. The van der Waals surface area contributed by atoms with Crippen LogP contribution in [0.25, 0.3) is 0 Å². The van der Waals surface area contributed by atoms with E-state index in [2.05, 4.69) is 49.9 Å². The lowest BCUT2D eigenvalue weighted by Gasteiger charge is -2.20. The van der Waals surface area contributed by atoms with Crippen molar-refractivity contribution < 1.29 is 0 Å². The monoisotopic (exact) mass is 205 g/mol. The lowest BCUT2D eigenvalue weighted by atomic mass is 10.0. The average Bonchev–Trinajstić information content (AvgIpc) is 2.28. The summed E-state index contributed by atoms with van der Waals surface area (Å²) in [7, 11) is 0. The molecule has 1 aromatic carbocycles. The van der Waals surface area contributed by atoms with Gasteiger partial charge in [-0.05, 0) is 30.6 Å². The zero-order chi connectivity index (χ0) is 11.1. The summed E-state index contributed by atoms with van der Waals surface area (Å²) in [5, 5.41) is 0. The topological polar surface area (TPSA) is 3.24 Å². The van der Waals surface area contributed by atoms with Crippen molar-refractivity contribution >= 4 is 0 Å². The SMILES string of the molecule is CCCc1ccccc1CN(CC)CC. The lowest BCUT2D eigenvalue weighted by Crippen LogP contribution is -2.22.